The van der Waals surface area contributed by atoms with Gasteiger partial charge in [-0.1, -0.05) is 12.8 Å². The van der Waals surface area contributed by atoms with Crippen molar-refractivity contribution >= 4 is 12.0 Å². The van der Waals surface area contributed by atoms with Gasteiger partial charge in [-0.3, -0.25) is 4.79 Å². The van der Waals surface area contributed by atoms with Crippen LogP contribution in [0.1, 0.15) is 51.4 Å². The summed E-state index contributed by atoms with van der Waals surface area (Å²) in [5.41, 5.74) is 0. The highest BCUT2D eigenvalue weighted by Crippen LogP contribution is 2.24. The molecule has 0 aromatic rings. The van der Waals surface area contributed by atoms with Gasteiger partial charge in [0.1, 0.15) is 0 Å². The van der Waals surface area contributed by atoms with Crippen LogP contribution in [-0.4, -0.2) is 63.8 Å². The molecule has 0 spiro atoms. The van der Waals surface area contributed by atoms with Crippen molar-refractivity contribution in [1.82, 2.24) is 9.80 Å². The van der Waals surface area contributed by atoms with Gasteiger partial charge in [-0.05, 0) is 32.1 Å². The molecule has 0 radical (unpaired) electrons. The van der Waals surface area contributed by atoms with E-state index in [0.717, 1.165) is 44.9 Å². The minimum absolute atomic E-state index is 0.0107. The van der Waals surface area contributed by atoms with Gasteiger partial charge in [0.05, 0.1) is 19.1 Å². The zero-order valence-corrected chi connectivity index (χ0v) is 12.5. The molecule has 2 fully saturated rings. The molecule has 2 heterocycles. The van der Waals surface area contributed by atoms with Crippen molar-refractivity contribution in [2.24, 2.45) is 0 Å². The topological polar surface area (TPSA) is 81.1 Å². The SMILES string of the molecule is O=C(O)CC1CCCCN1C(=O)N1CCCCCC1CO. The van der Waals surface area contributed by atoms with Crippen LogP contribution in [0.5, 0.6) is 0 Å². The van der Waals surface area contributed by atoms with Gasteiger partial charge in [0.25, 0.3) is 0 Å². The third-order valence-corrected chi connectivity index (χ3v) is 4.62. The van der Waals surface area contributed by atoms with Crippen LogP contribution in [0.25, 0.3) is 0 Å². The van der Waals surface area contributed by atoms with Crippen molar-refractivity contribution in [2.45, 2.75) is 63.5 Å². The van der Waals surface area contributed by atoms with Crippen LogP contribution in [0, 0.1) is 0 Å². The molecule has 2 atom stereocenters. The molecule has 2 amide bonds. The second-order valence-corrected chi connectivity index (χ2v) is 6.10. The van der Waals surface area contributed by atoms with E-state index in [4.69, 9.17) is 5.11 Å². The molecule has 0 aromatic carbocycles. The van der Waals surface area contributed by atoms with E-state index in [2.05, 4.69) is 0 Å². The normalized spacial score (nSPS) is 27.3. The van der Waals surface area contributed by atoms with E-state index >= 15 is 0 Å². The second kappa shape index (κ2) is 7.64. The summed E-state index contributed by atoms with van der Waals surface area (Å²) in [6, 6.07) is -0.402. The first kappa shape index (κ1) is 16.1. The number of hydrogen-bond acceptors (Lipinski definition) is 3. The average Bonchev–Trinajstić information content (AvgIpc) is 2.71. The highest BCUT2D eigenvalue weighted by Gasteiger charge is 2.34. The van der Waals surface area contributed by atoms with E-state index in [0.29, 0.717) is 13.1 Å². The zero-order chi connectivity index (χ0) is 15.2. The van der Waals surface area contributed by atoms with Crippen molar-refractivity contribution in [3.63, 3.8) is 0 Å². The quantitative estimate of drug-likeness (QED) is 0.830. The molecule has 2 N–H and O–H groups in total. The van der Waals surface area contributed by atoms with E-state index in [1.165, 1.54) is 0 Å². The molecular formula is C15H26N2O4. The molecule has 6 heteroatoms. The van der Waals surface area contributed by atoms with Gasteiger partial charge >= 0.3 is 12.0 Å². The summed E-state index contributed by atoms with van der Waals surface area (Å²) in [7, 11) is 0. The van der Waals surface area contributed by atoms with Gasteiger partial charge in [0, 0.05) is 19.1 Å². The third-order valence-electron chi connectivity index (χ3n) is 4.62. The summed E-state index contributed by atoms with van der Waals surface area (Å²) in [6.45, 7) is 1.29. The summed E-state index contributed by atoms with van der Waals surface area (Å²) in [4.78, 5) is 27.3. The molecule has 0 saturated carbocycles. The van der Waals surface area contributed by atoms with Gasteiger partial charge in [-0.15, -0.1) is 0 Å². The number of carbonyl (C=O) groups is 2. The molecule has 0 aromatic heterocycles. The highest BCUT2D eigenvalue weighted by atomic mass is 16.4. The number of amides is 2. The van der Waals surface area contributed by atoms with Gasteiger partial charge < -0.3 is 20.0 Å². The van der Waals surface area contributed by atoms with Crippen LogP contribution in [0.2, 0.25) is 0 Å². The first-order valence-electron chi connectivity index (χ1n) is 8.03. The molecule has 2 aliphatic rings. The maximum Gasteiger partial charge on any atom is 0.320 e. The smallest absolute Gasteiger partial charge is 0.320 e. The van der Waals surface area contributed by atoms with Gasteiger partial charge in [-0.2, -0.15) is 0 Å². The van der Waals surface area contributed by atoms with Crippen molar-refractivity contribution < 1.29 is 19.8 Å². The lowest BCUT2D eigenvalue weighted by Gasteiger charge is -2.40. The fourth-order valence-corrected chi connectivity index (χ4v) is 3.45. The van der Waals surface area contributed by atoms with Crippen molar-refractivity contribution in [1.29, 1.82) is 0 Å². The number of carboxylic acids is 1. The Morgan fingerprint density at radius 3 is 2.14 bits per heavy atom. The molecule has 0 bridgehead atoms. The van der Waals surface area contributed by atoms with E-state index in [-0.39, 0.29) is 31.1 Å². The van der Waals surface area contributed by atoms with E-state index < -0.39 is 5.97 Å². The van der Waals surface area contributed by atoms with Crippen molar-refractivity contribution in [2.75, 3.05) is 19.7 Å². The van der Waals surface area contributed by atoms with Crippen LogP contribution in [-0.2, 0) is 4.79 Å². The number of piperidine rings is 1. The largest absolute Gasteiger partial charge is 0.481 e. The summed E-state index contributed by atoms with van der Waals surface area (Å²) < 4.78 is 0. The van der Waals surface area contributed by atoms with Crippen LogP contribution in [0.4, 0.5) is 4.79 Å². The second-order valence-electron chi connectivity index (χ2n) is 6.10. The van der Waals surface area contributed by atoms with Crippen molar-refractivity contribution in [3.05, 3.63) is 0 Å². The number of nitrogens with zero attached hydrogens (tertiary/aromatic N) is 2. The monoisotopic (exact) mass is 298 g/mol. The van der Waals surface area contributed by atoms with Crippen LogP contribution < -0.4 is 0 Å². The number of rotatable bonds is 3. The molecular weight excluding hydrogens is 272 g/mol. The fraction of sp³-hybridized carbons (Fsp3) is 0.867. The van der Waals surface area contributed by atoms with Crippen molar-refractivity contribution in [3.8, 4) is 0 Å². The number of hydrogen-bond donors (Lipinski definition) is 2. The Kier molecular flexibility index (Phi) is 5.85. The summed E-state index contributed by atoms with van der Waals surface area (Å²) in [5, 5.41) is 18.6. The maximum atomic E-state index is 12.8. The minimum atomic E-state index is -0.853. The number of carbonyl (C=O) groups excluding carboxylic acids is 1. The number of urea groups is 1. The standard InChI is InChI=1S/C15H26N2O4/c18-11-13-7-2-1-4-8-17(13)15(21)16-9-5-3-6-12(16)10-14(19)20/h12-13,18H,1-11H2,(H,19,20). The first-order chi connectivity index (χ1) is 10.1. The number of likely N-dealkylation sites (tertiary alicyclic amines) is 2. The molecule has 2 rings (SSSR count). The molecule has 2 saturated heterocycles. The Morgan fingerprint density at radius 2 is 1.48 bits per heavy atom. The van der Waals surface area contributed by atoms with E-state index in [1.807, 2.05) is 0 Å². The molecule has 2 unspecified atom stereocenters. The Hall–Kier alpha value is -1.30. The number of aliphatic hydroxyl groups excluding tert-OH is 1. The Morgan fingerprint density at radius 1 is 0.905 bits per heavy atom. The van der Waals surface area contributed by atoms with Gasteiger partial charge in [0.2, 0.25) is 0 Å². The average molecular weight is 298 g/mol. The van der Waals surface area contributed by atoms with Crippen LogP contribution >= 0.6 is 0 Å². The Bertz CT molecular complexity index is 375. The molecule has 0 aliphatic carbocycles. The predicted molar refractivity (Wildman–Crippen MR) is 78.0 cm³/mol. The highest BCUT2D eigenvalue weighted by molar-refractivity contribution is 5.76. The lowest BCUT2D eigenvalue weighted by molar-refractivity contribution is -0.138. The third kappa shape index (κ3) is 4.09. The first-order valence-corrected chi connectivity index (χ1v) is 8.03. The Balaban J connectivity index is 2.08. The lowest BCUT2D eigenvalue weighted by atomic mass is 9.99. The summed E-state index contributed by atoms with van der Waals surface area (Å²) in [6.07, 6.45) is 6.59. The summed E-state index contributed by atoms with van der Waals surface area (Å²) >= 11 is 0. The lowest BCUT2D eigenvalue weighted by Crippen LogP contribution is -2.54. The predicted octanol–water partition coefficient (Wildman–Crippen LogP) is 1.67. The molecule has 21 heavy (non-hydrogen) atoms. The van der Waals surface area contributed by atoms with Gasteiger partial charge in [0.15, 0.2) is 0 Å². The number of aliphatic carboxylic acids is 1. The molecule has 2 aliphatic heterocycles. The number of carboxylic acid groups (broad SMARTS) is 1. The van der Waals surface area contributed by atoms with E-state index in [1.54, 1.807) is 9.80 Å². The molecule has 6 nitrogen and oxygen atoms in total. The molecule has 120 valence electrons. The number of aliphatic hydroxyl groups is 1. The van der Waals surface area contributed by atoms with E-state index in [9.17, 15) is 14.7 Å². The fourth-order valence-electron chi connectivity index (χ4n) is 3.45. The van der Waals surface area contributed by atoms with Crippen LogP contribution in [0.15, 0.2) is 0 Å². The van der Waals surface area contributed by atoms with Gasteiger partial charge in [-0.25, -0.2) is 4.79 Å². The zero-order valence-electron chi connectivity index (χ0n) is 12.5. The minimum Gasteiger partial charge on any atom is -0.481 e. The Labute approximate surface area is 125 Å². The van der Waals surface area contributed by atoms with Crippen LogP contribution in [0.3, 0.4) is 0 Å². The summed E-state index contributed by atoms with van der Waals surface area (Å²) in [5.74, 6) is -0.853. The maximum absolute atomic E-state index is 12.8.